The topological polar surface area (TPSA) is 40.5 Å². The first-order valence-electron chi connectivity index (χ1n) is 9.28. The molecule has 1 heterocycles. The van der Waals surface area contributed by atoms with Gasteiger partial charge < -0.3 is 10.0 Å². The summed E-state index contributed by atoms with van der Waals surface area (Å²) in [6.45, 7) is 4.47. The second-order valence-electron chi connectivity index (χ2n) is 6.40. The molecule has 0 spiro atoms. The summed E-state index contributed by atoms with van der Waals surface area (Å²) in [6, 6.07) is 9.80. The number of carbonyl (C=O) groups excluding carboxylic acids is 1. The summed E-state index contributed by atoms with van der Waals surface area (Å²) in [7, 11) is 0. The number of hydrogen-bond acceptors (Lipinski definition) is 2. The number of likely N-dealkylation sites (tertiary alicyclic amines) is 1. The predicted octanol–water partition coefficient (Wildman–Crippen LogP) is 5.18. The summed E-state index contributed by atoms with van der Waals surface area (Å²) in [6.07, 6.45) is 2.06. The smallest absolute Gasteiger partial charge is 0.260 e. The summed E-state index contributed by atoms with van der Waals surface area (Å²) in [4.78, 5) is 13.5. The first kappa shape index (κ1) is 24.8. The molecule has 0 saturated carbocycles. The number of hydrogen-bond donors (Lipinski definition) is 1. The number of rotatable bonds is 3. The van der Waals surface area contributed by atoms with Crippen LogP contribution in [-0.2, 0) is 6.42 Å². The predicted molar refractivity (Wildman–Crippen MR) is 108 cm³/mol. The third kappa shape index (κ3) is 5.44. The largest absolute Gasteiger partial charge is 0.503 e. The fraction of sp³-hybridized carbons (Fsp3) is 0.381. The summed E-state index contributed by atoms with van der Waals surface area (Å²) in [5.41, 5.74) is -0.142. The molecule has 0 radical (unpaired) electrons. The molecule has 0 aliphatic carbocycles. The number of piperidine rings is 1. The first-order valence-corrected chi connectivity index (χ1v) is 9.28. The molecule has 8 heteroatoms. The van der Waals surface area contributed by atoms with Crippen LogP contribution in [0.4, 0.5) is 17.6 Å². The van der Waals surface area contributed by atoms with Crippen LogP contribution >= 0.6 is 13.5 Å². The summed E-state index contributed by atoms with van der Waals surface area (Å²) in [5.74, 6) is -10.3. The molecule has 0 unspecified atom stereocenters. The molecule has 160 valence electrons. The minimum Gasteiger partial charge on any atom is -0.503 e. The zero-order valence-electron chi connectivity index (χ0n) is 16.3. The Balaban J connectivity index is 0.00000136. The summed E-state index contributed by atoms with van der Waals surface area (Å²) < 4.78 is 54.7. The third-order valence-corrected chi connectivity index (χ3v) is 4.72. The zero-order chi connectivity index (χ0) is 20.8. The molecule has 3 nitrogen and oxygen atoms in total. The van der Waals surface area contributed by atoms with E-state index in [0.29, 0.717) is 18.8 Å². The molecular formula is C21H25F4NO2S. The van der Waals surface area contributed by atoms with Crippen molar-refractivity contribution in [1.82, 2.24) is 4.90 Å². The highest BCUT2D eigenvalue weighted by Crippen LogP contribution is 2.31. The minimum absolute atomic E-state index is 0. The number of amides is 1. The Labute approximate surface area is 174 Å². The van der Waals surface area contributed by atoms with Gasteiger partial charge in [0.2, 0.25) is 11.6 Å². The quantitative estimate of drug-likeness (QED) is 0.537. The van der Waals surface area contributed by atoms with Gasteiger partial charge in [-0.15, -0.1) is 0 Å². The maximum Gasteiger partial charge on any atom is 0.260 e. The van der Waals surface area contributed by atoms with Gasteiger partial charge in [-0.1, -0.05) is 44.2 Å². The fourth-order valence-corrected chi connectivity index (χ4v) is 3.25. The Bertz CT molecular complexity index is 796. The normalized spacial score (nSPS) is 13.9. The van der Waals surface area contributed by atoms with Crippen molar-refractivity contribution in [3.05, 3.63) is 64.7 Å². The lowest BCUT2D eigenvalue weighted by atomic mass is 9.90. The van der Waals surface area contributed by atoms with Crippen LogP contribution in [0.5, 0.6) is 5.75 Å². The number of halogens is 4. The van der Waals surface area contributed by atoms with Crippen molar-refractivity contribution < 1.29 is 27.5 Å². The molecule has 0 bridgehead atoms. The van der Waals surface area contributed by atoms with Crippen molar-refractivity contribution in [2.24, 2.45) is 5.92 Å². The Morgan fingerprint density at radius 3 is 1.93 bits per heavy atom. The van der Waals surface area contributed by atoms with Crippen LogP contribution in [0.2, 0.25) is 0 Å². The third-order valence-electron chi connectivity index (χ3n) is 4.72. The van der Waals surface area contributed by atoms with Gasteiger partial charge in [-0.05, 0) is 30.7 Å². The maximum atomic E-state index is 13.9. The lowest BCUT2D eigenvalue weighted by Gasteiger charge is -2.32. The molecule has 2 aromatic carbocycles. The van der Waals surface area contributed by atoms with Crippen LogP contribution in [0.15, 0.2) is 30.3 Å². The van der Waals surface area contributed by atoms with Gasteiger partial charge in [-0.2, -0.15) is 22.3 Å². The Morgan fingerprint density at radius 2 is 1.45 bits per heavy atom. The Morgan fingerprint density at radius 1 is 0.966 bits per heavy atom. The van der Waals surface area contributed by atoms with Crippen molar-refractivity contribution in [3.8, 4) is 5.75 Å². The average Bonchev–Trinajstić information content (AvgIpc) is 2.73. The van der Waals surface area contributed by atoms with Crippen molar-refractivity contribution in [2.45, 2.75) is 33.1 Å². The number of phenols is 1. The number of carbonyl (C=O) groups is 1. The van der Waals surface area contributed by atoms with Crippen LogP contribution < -0.4 is 0 Å². The molecular weight excluding hydrogens is 406 g/mol. The summed E-state index contributed by atoms with van der Waals surface area (Å²) >= 11 is 0. The molecule has 1 saturated heterocycles. The van der Waals surface area contributed by atoms with E-state index in [9.17, 15) is 22.4 Å². The van der Waals surface area contributed by atoms with E-state index in [1.807, 2.05) is 44.2 Å². The Kier molecular flexibility index (Phi) is 9.49. The van der Waals surface area contributed by atoms with Gasteiger partial charge in [0, 0.05) is 13.1 Å². The Hall–Kier alpha value is -2.22. The van der Waals surface area contributed by atoms with Crippen molar-refractivity contribution in [2.75, 3.05) is 13.1 Å². The van der Waals surface area contributed by atoms with E-state index >= 15 is 0 Å². The van der Waals surface area contributed by atoms with E-state index in [0.717, 1.165) is 12.0 Å². The molecule has 1 N–H and O–H groups in total. The molecule has 0 atom stereocenters. The number of benzene rings is 2. The first-order chi connectivity index (χ1) is 13.4. The molecule has 1 aliphatic heterocycles. The van der Waals surface area contributed by atoms with Crippen LogP contribution in [-0.4, -0.2) is 29.0 Å². The standard InChI is InChI=1S/C19H17F4NO2.C2H6.H2S/c20-14-13(15(21)17(23)18(25)16(14)22)19(26)24-8-6-12(7-9-24)10-11-4-2-1-3-5-11;1-2;/h1-5,12,25H,6-10H2;1-2H3;1H2. The minimum atomic E-state index is -1.97. The van der Waals surface area contributed by atoms with Crippen LogP contribution in [0, 0.1) is 29.2 Å². The van der Waals surface area contributed by atoms with Gasteiger partial charge in [0.05, 0.1) is 0 Å². The van der Waals surface area contributed by atoms with Gasteiger partial charge in [0.1, 0.15) is 5.56 Å². The van der Waals surface area contributed by atoms with Gasteiger partial charge >= 0.3 is 0 Å². The van der Waals surface area contributed by atoms with E-state index in [-0.39, 0.29) is 26.6 Å². The van der Waals surface area contributed by atoms with Gasteiger partial charge in [-0.25, -0.2) is 8.78 Å². The highest BCUT2D eigenvalue weighted by Gasteiger charge is 2.33. The molecule has 1 amide bonds. The maximum absolute atomic E-state index is 13.9. The van der Waals surface area contributed by atoms with Gasteiger partial charge in [0.15, 0.2) is 17.4 Å². The van der Waals surface area contributed by atoms with Crippen LogP contribution in [0.1, 0.15) is 42.6 Å². The van der Waals surface area contributed by atoms with E-state index < -0.39 is 40.5 Å². The van der Waals surface area contributed by atoms with E-state index in [1.54, 1.807) is 0 Å². The second kappa shape index (κ2) is 11.1. The second-order valence-corrected chi connectivity index (χ2v) is 6.40. The fourth-order valence-electron chi connectivity index (χ4n) is 3.25. The average molecular weight is 431 g/mol. The lowest BCUT2D eigenvalue weighted by Crippen LogP contribution is -2.40. The van der Waals surface area contributed by atoms with Gasteiger partial charge in [0.25, 0.3) is 5.91 Å². The van der Waals surface area contributed by atoms with Crippen molar-refractivity contribution in [3.63, 3.8) is 0 Å². The number of aromatic hydroxyl groups is 1. The SMILES string of the molecule is CC.O=C(c1c(F)c(F)c(O)c(F)c1F)N1CCC(Cc2ccccc2)CC1.S. The van der Waals surface area contributed by atoms with E-state index in [4.69, 9.17) is 5.11 Å². The highest BCUT2D eigenvalue weighted by molar-refractivity contribution is 7.59. The van der Waals surface area contributed by atoms with Crippen LogP contribution in [0.25, 0.3) is 0 Å². The van der Waals surface area contributed by atoms with Crippen molar-refractivity contribution in [1.29, 1.82) is 0 Å². The van der Waals surface area contributed by atoms with Crippen molar-refractivity contribution >= 4 is 19.4 Å². The number of nitrogens with zero attached hydrogens (tertiary/aromatic N) is 1. The molecule has 2 aromatic rings. The van der Waals surface area contributed by atoms with E-state index in [2.05, 4.69) is 0 Å². The molecule has 1 fully saturated rings. The molecule has 1 aliphatic rings. The lowest BCUT2D eigenvalue weighted by molar-refractivity contribution is 0.0677. The van der Waals surface area contributed by atoms with Crippen LogP contribution in [0.3, 0.4) is 0 Å². The monoisotopic (exact) mass is 431 g/mol. The molecule has 29 heavy (non-hydrogen) atoms. The van der Waals surface area contributed by atoms with Gasteiger partial charge in [-0.3, -0.25) is 4.79 Å². The van der Waals surface area contributed by atoms with E-state index in [1.165, 1.54) is 4.90 Å². The highest BCUT2D eigenvalue weighted by atomic mass is 32.1. The summed E-state index contributed by atoms with van der Waals surface area (Å²) in [5, 5.41) is 9.00. The zero-order valence-corrected chi connectivity index (χ0v) is 17.3. The molecule has 0 aromatic heterocycles. The molecule has 3 rings (SSSR count). The number of phenolic OH excluding ortho intramolecular Hbond substituents is 1.